The second-order valence-electron chi connectivity index (χ2n) is 13.5. The monoisotopic (exact) mass is 633 g/mol. The highest BCUT2D eigenvalue weighted by Crippen LogP contribution is 2.28. The highest BCUT2D eigenvalue weighted by molar-refractivity contribution is 5.94. The van der Waals surface area contributed by atoms with Gasteiger partial charge in [0.1, 0.15) is 29.3 Å². The predicted octanol–water partition coefficient (Wildman–Crippen LogP) is 5.96. The van der Waals surface area contributed by atoms with Crippen molar-refractivity contribution in [3.8, 4) is 12.3 Å². The van der Waals surface area contributed by atoms with Crippen molar-refractivity contribution in [2.45, 2.75) is 111 Å². The van der Waals surface area contributed by atoms with Gasteiger partial charge in [-0.15, -0.1) is 6.42 Å². The van der Waals surface area contributed by atoms with Crippen LogP contribution in [0.5, 0.6) is 0 Å². The maximum atomic E-state index is 14.5. The number of hydrogen-bond donors (Lipinski definition) is 2. The second-order valence-corrected chi connectivity index (χ2v) is 13.5. The van der Waals surface area contributed by atoms with Gasteiger partial charge in [0.05, 0.1) is 0 Å². The summed E-state index contributed by atoms with van der Waals surface area (Å²) in [4.78, 5) is 56.8. The van der Waals surface area contributed by atoms with Crippen molar-refractivity contribution in [3.05, 3.63) is 71.3 Å². The third-order valence-electron chi connectivity index (χ3n) is 7.16. The molecule has 0 radical (unpaired) electrons. The van der Waals surface area contributed by atoms with Crippen molar-refractivity contribution in [3.63, 3.8) is 0 Å². The number of terminal acetylenes is 1. The van der Waals surface area contributed by atoms with Gasteiger partial charge in [0.2, 0.25) is 11.8 Å². The molecule has 9 heteroatoms. The Balaban J connectivity index is 2.65. The Hall–Kier alpha value is -4.32. The number of esters is 1. The van der Waals surface area contributed by atoms with E-state index < -0.39 is 53.2 Å². The van der Waals surface area contributed by atoms with Crippen molar-refractivity contribution >= 4 is 23.9 Å². The number of nitrogens with one attached hydrogen (secondary N) is 2. The molecule has 4 unspecified atom stereocenters. The largest absolute Gasteiger partial charge is 0.458 e. The summed E-state index contributed by atoms with van der Waals surface area (Å²) >= 11 is 0. The molecule has 0 saturated heterocycles. The molecule has 4 atom stereocenters. The molecule has 9 nitrogen and oxygen atoms in total. The van der Waals surface area contributed by atoms with E-state index in [4.69, 9.17) is 15.9 Å². The standard InChI is InChI=1S/C37H51N3O6/c1-11-23-40(33(42)30(25(4)12-2)39-35(44)46-37(8,9)10)31(28-22-18-17-21-27(28)13-3)32(41)38-29(34(43)45-36(5,6)7)24-26-19-15-14-16-20-26/h3,14-22,25,29-31H,11-12,23-24H2,1-2,4-10H3,(H,38,41)(H,39,44). The van der Waals surface area contributed by atoms with Crippen molar-refractivity contribution in [1.29, 1.82) is 0 Å². The average molecular weight is 634 g/mol. The zero-order chi connectivity index (χ0) is 34.7. The quantitative estimate of drug-likeness (QED) is 0.208. The second kappa shape index (κ2) is 16.8. The van der Waals surface area contributed by atoms with Gasteiger partial charge in [-0.05, 0) is 71.1 Å². The number of amides is 3. The van der Waals surface area contributed by atoms with Crippen LogP contribution in [0.1, 0.15) is 97.9 Å². The van der Waals surface area contributed by atoms with E-state index >= 15 is 0 Å². The Kier molecular flexibility index (Phi) is 13.9. The molecule has 0 heterocycles. The van der Waals surface area contributed by atoms with Crippen LogP contribution in [0.15, 0.2) is 54.6 Å². The fourth-order valence-electron chi connectivity index (χ4n) is 4.89. The van der Waals surface area contributed by atoms with E-state index in [0.29, 0.717) is 24.0 Å². The summed E-state index contributed by atoms with van der Waals surface area (Å²) in [6.07, 6.45) is 6.39. The topological polar surface area (TPSA) is 114 Å². The summed E-state index contributed by atoms with van der Waals surface area (Å²) in [6, 6.07) is 12.9. The summed E-state index contributed by atoms with van der Waals surface area (Å²) in [5.74, 6) is 0.670. The molecule has 0 aliphatic heterocycles. The van der Waals surface area contributed by atoms with Crippen LogP contribution in [-0.4, -0.2) is 58.6 Å². The van der Waals surface area contributed by atoms with Crippen LogP contribution in [0.4, 0.5) is 4.79 Å². The lowest BCUT2D eigenvalue weighted by atomic mass is 9.93. The van der Waals surface area contributed by atoms with Gasteiger partial charge in [-0.1, -0.05) is 81.6 Å². The van der Waals surface area contributed by atoms with E-state index in [1.54, 1.807) is 65.8 Å². The van der Waals surface area contributed by atoms with Gasteiger partial charge < -0.3 is 25.0 Å². The maximum Gasteiger partial charge on any atom is 0.408 e. The summed E-state index contributed by atoms with van der Waals surface area (Å²) in [7, 11) is 0. The molecule has 0 saturated carbocycles. The Bertz CT molecular complexity index is 1370. The Morgan fingerprint density at radius 2 is 1.46 bits per heavy atom. The first kappa shape index (κ1) is 37.9. The van der Waals surface area contributed by atoms with Gasteiger partial charge in [0.25, 0.3) is 0 Å². The van der Waals surface area contributed by atoms with Crippen LogP contribution in [0, 0.1) is 18.3 Å². The third-order valence-corrected chi connectivity index (χ3v) is 7.16. The number of benzene rings is 2. The van der Waals surface area contributed by atoms with Crippen molar-refractivity contribution in [2.24, 2.45) is 5.92 Å². The normalized spacial score (nSPS) is 14.1. The zero-order valence-corrected chi connectivity index (χ0v) is 28.8. The lowest BCUT2D eigenvalue weighted by Crippen LogP contribution is -2.56. The number of carbonyl (C=O) groups excluding carboxylic acids is 4. The van der Waals surface area contributed by atoms with Crippen LogP contribution in [0.2, 0.25) is 0 Å². The molecular weight excluding hydrogens is 582 g/mol. The molecule has 2 N–H and O–H groups in total. The molecule has 2 aromatic carbocycles. The van der Waals surface area contributed by atoms with Crippen molar-refractivity contribution in [2.75, 3.05) is 6.54 Å². The Labute approximate surface area is 274 Å². The zero-order valence-electron chi connectivity index (χ0n) is 28.8. The first-order valence-electron chi connectivity index (χ1n) is 15.9. The van der Waals surface area contributed by atoms with Crippen LogP contribution in [0.25, 0.3) is 0 Å². The van der Waals surface area contributed by atoms with E-state index in [9.17, 15) is 19.2 Å². The summed E-state index contributed by atoms with van der Waals surface area (Å²) in [6.45, 7) is 16.3. The number of hydrogen-bond acceptors (Lipinski definition) is 6. The first-order chi connectivity index (χ1) is 21.5. The van der Waals surface area contributed by atoms with Gasteiger partial charge in [0.15, 0.2) is 0 Å². The van der Waals surface area contributed by atoms with Crippen LogP contribution in [-0.2, 0) is 30.3 Å². The van der Waals surface area contributed by atoms with Crippen molar-refractivity contribution < 1.29 is 28.7 Å². The Morgan fingerprint density at radius 3 is 2.00 bits per heavy atom. The molecule has 0 aliphatic rings. The SMILES string of the molecule is C#Cc1ccccc1C(C(=O)NC(Cc1ccccc1)C(=O)OC(C)(C)C)N(CCC)C(=O)C(NC(=O)OC(C)(C)C)C(C)CC. The van der Waals surface area contributed by atoms with Gasteiger partial charge in [0, 0.05) is 18.5 Å². The van der Waals surface area contributed by atoms with Crippen LogP contribution in [0.3, 0.4) is 0 Å². The molecule has 3 amide bonds. The minimum absolute atomic E-state index is 0.169. The van der Waals surface area contributed by atoms with E-state index in [-0.39, 0.29) is 18.9 Å². The molecule has 46 heavy (non-hydrogen) atoms. The van der Waals surface area contributed by atoms with E-state index in [1.807, 2.05) is 51.1 Å². The highest BCUT2D eigenvalue weighted by Gasteiger charge is 2.40. The third kappa shape index (κ3) is 11.6. The van der Waals surface area contributed by atoms with E-state index in [0.717, 1.165) is 5.56 Å². The molecule has 0 aliphatic carbocycles. The molecule has 250 valence electrons. The van der Waals surface area contributed by atoms with E-state index in [1.165, 1.54) is 4.90 Å². The molecule has 0 fully saturated rings. The first-order valence-corrected chi connectivity index (χ1v) is 15.9. The van der Waals surface area contributed by atoms with Gasteiger partial charge in [-0.25, -0.2) is 9.59 Å². The summed E-state index contributed by atoms with van der Waals surface area (Å²) in [5, 5.41) is 5.65. The molecule has 0 spiro atoms. The fourth-order valence-corrected chi connectivity index (χ4v) is 4.89. The molecule has 0 bridgehead atoms. The summed E-state index contributed by atoms with van der Waals surface area (Å²) in [5.41, 5.74) is 0.0903. The lowest BCUT2D eigenvalue weighted by molar-refractivity contribution is -0.159. The van der Waals surface area contributed by atoms with Crippen LogP contribution >= 0.6 is 0 Å². The number of ether oxygens (including phenoxy) is 2. The minimum atomic E-state index is -1.22. The highest BCUT2D eigenvalue weighted by atomic mass is 16.6. The van der Waals surface area contributed by atoms with E-state index in [2.05, 4.69) is 16.6 Å². The number of carbonyl (C=O) groups is 4. The van der Waals surface area contributed by atoms with Gasteiger partial charge >= 0.3 is 12.1 Å². The maximum absolute atomic E-state index is 14.5. The summed E-state index contributed by atoms with van der Waals surface area (Å²) < 4.78 is 11.2. The van der Waals surface area contributed by atoms with Crippen molar-refractivity contribution in [1.82, 2.24) is 15.5 Å². The molecular formula is C37H51N3O6. The molecule has 0 aromatic heterocycles. The number of rotatable bonds is 13. The number of alkyl carbamates (subject to hydrolysis) is 1. The lowest BCUT2D eigenvalue weighted by Gasteiger charge is -2.37. The minimum Gasteiger partial charge on any atom is -0.458 e. The fraction of sp³-hybridized carbons (Fsp3) is 0.514. The molecule has 2 rings (SSSR count). The van der Waals surface area contributed by atoms with Gasteiger partial charge in [-0.2, -0.15) is 0 Å². The van der Waals surface area contributed by atoms with Gasteiger partial charge in [-0.3, -0.25) is 9.59 Å². The molecule has 2 aromatic rings. The predicted molar refractivity (Wildman–Crippen MR) is 180 cm³/mol. The Morgan fingerprint density at radius 1 is 0.870 bits per heavy atom. The number of nitrogens with zero attached hydrogens (tertiary/aromatic N) is 1. The smallest absolute Gasteiger partial charge is 0.408 e. The average Bonchev–Trinajstić information content (AvgIpc) is 2.97. The van der Waals surface area contributed by atoms with Crippen LogP contribution < -0.4 is 10.6 Å².